The van der Waals surface area contributed by atoms with Gasteiger partial charge in [0, 0.05) is 17.0 Å². The highest BCUT2D eigenvalue weighted by molar-refractivity contribution is 6.31. The van der Waals surface area contributed by atoms with Crippen LogP contribution in [0.5, 0.6) is 0 Å². The maximum absolute atomic E-state index is 12.2. The van der Waals surface area contributed by atoms with Crippen LogP contribution in [-0.2, 0) is 15.1 Å². The number of halogens is 1. The number of nitrogens with one attached hydrogen (secondary N) is 1. The molecule has 1 aromatic carbocycles. The van der Waals surface area contributed by atoms with Crippen molar-refractivity contribution < 1.29 is 9.59 Å². The van der Waals surface area contributed by atoms with Crippen molar-refractivity contribution in [2.45, 2.75) is 31.2 Å². The van der Waals surface area contributed by atoms with E-state index in [1.807, 2.05) is 6.07 Å². The van der Waals surface area contributed by atoms with Gasteiger partial charge in [-0.2, -0.15) is 0 Å². The molecule has 1 aromatic rings. The molecule has 0 aliphatic heterocycles. The Labute approximate surface area is 105 Å². The quantitative estimate of drug-likeness (QED) is 0.837. The van der Waals surface area contributed by atoms with Gasteiger partial charge in [-0.15, -0.1) is 0 Å². The molecule has 2 rings (SSSR count). The molecule has 0 spiro atoms. The van der Waals surface area contributed by atoms with Gasteiger partial charge in [0.05, 0.1) is 0 Å². The van der Waals surface area contributed by atoms with Crippen molar-refractivity contribution in [3.8, 4) is 0 Å². The van der Waals surface area contributed by atoms with Crippen LogP contribution in [0.15, 0.2) is 24.3 Å². The van der Waals surface area contributed by atoms with Crippen LogP contribution in [0.4, 0.5) is 0 Å². The third kappa shape index (κ3) is 2.07. The lowest BCUT2D eigenvalue weighted by Crippen LogP contribution is -2.50. The molecule has 1 saturated carbocycles. The molecule has 17 heavy (non-hydrogen) atoms. The normalized spacial score (nSPS) is 24.4. The molecule has 0 heterocycles. The van der Waals surface area contributed by atoms with Gasteiger partial charge in [-0.3, -0.25) is 9.59 Å². The van der Waals surface area contributed by atoms with E-state index >= 15 is 0 Å². The van der Waals surface area contributed by atoms with Gasteiger partial charge in [0.2, 0.25) is 0 Å². The first-order chi connectivity index (χ1) is 8.20. The second kappa shape index (κ2) is 4.88. The number of amides is 1. The number of rotatable bonds is 3. The Morgan fingerprint density at radius 2 is 2.06 bits per heavy atom. The summed E-state index contributed by atoms with van der Waals surface area (Å²) in [7, 11) is 0. The monoisotopic (exact) mass is 250 g/mol. The van der Waals surface area contributed by atoms with Crippen molar-refractivity contribution in [3.05, 3.63) is 34.9 Å². The van der Waals surface area contributed by atoms with Crippen molar-refractivity contribution in [2.24, 2.45) is 0 Å². The average Bonchev–Trinajstić information content (AvgIpc) is 2.33. The van der Waals surface area contributed by atoms with Gasteiger partial charge in [-0.1, -0.05) is 29.8 Å². The zero-order valence-electron chi connectivity index (χ0n) is 9.33. The van der Waals surface area contributed by atoms with Gasteiger partial charge in [0.25, 0.3) is 0 Å². The van der Waals surface area contributed by atoms with E-state index in [1.54, 1.807) is 24.6 Å². The molecule has 1 aliphatic carbocycles. The van der Waals surface area contributed by atoms with Crippen molar-refractivity contribution in [2.75, 3.05) is 0 Å². The third-order valence-corrected chi connectivity index (χ3v) is 3.61. The van der Waals surface area contributed by atoms with Gasteiger partial charge in [0.1, 0.15) is 5.54 Å². The standard InChI is InChI=1S/C13H13ClNO2/c14-11-6-2-1-5-10(11)13(15-9-16)8-4-3-7-12(13)17/h1-2,5-6H,3-4,7-8H2,(H,15,16)/t13-/m0/s1. The molecule has 1 amide bonds. The van der Waals surface area contributed by atoms with Crippen molar-refractivity contribution in [3.63, 3.8) is 0 Å². The van der Waals surface area contributed by atoms with Gasteiger partial charge in [-0.05, 0) is 25.3 Å². The van der Waals surface area contributed by atoms with Gasteiger partial charge < -0.3 is 5.32 Å². The maximum Gasteiger partial charge on any atom is 0.310 e. The lowest BCUT2D eigenvalue weighted by molar-refractivity contribution is -0.127. The fourth-order valence-corrected chi connectivity index (χ4v) is 2.70. The molecule has 3 nitrogen and oxygen atoms in total. The van der Waals surface area contributed by atoms with E-state index < -0.39 is 5.54 Å². The number of carbonyl (C=O) groups is 1. The average molecular weight is 251 g/mol. The van der Waals surface area contributed by atoms with Gasteiger partial charge in [0.15, 0.2) is 5.78 Å². The summed E-state index contributed by atoms with van der Waals surface area (Å²) in [5, 5.41) is 3.07. The van der Waals surface area contributed by atoms with E-state index in [0.29, 0.717) is 23.4 Å². The summed E-state index contributed by atoms with van der Waals surface area (Å²) in [5.74, 6) is 0.0141. The van der Waals surface area contributed by atoms with E-state index in [-0.39, 0.29) is 5.78 Å². The zero-order chi connectivity index (χ0) is 12.3. The number of hydrogen-bond acceptors (Lipinski definition) is 2. The molecule has 1 aliphatic rings. The molecule has 4 heteroatoms. The minimum Gasteiger partial charge on any atom is -0.331 e. The van der Waals surface area contributed by atoms with Crippen LogP contribution in [0.3, 0.4) is 0 Å². The summed E-state index contributed by atoms with van der Waals surface area (Å²) >= 11 is 6.13. The van der Waals surface area contributed by atoms with Crippen LogP contribution in [0.2, 0.25) is 5.02 Å². The van der Waals surface area contributed by atoms with Crippen molar-refractivity contribution >= 4 is 23.8 Å². The number of hydrogen-bond donors (Lipinski definition) is 1. The summed E-state index contributed by atoms with van der Waals surface area (Å²) < 4.78 is 0. The lowest BCUT2D eigenvalue weighted by Gasteiger charge is -2.35. The Kier molecular flexibility index (Phi) is 3.48. The molecule has 1 fully saturated rings. The maximum atomic E-state index is 12.2. The van der Waals surface area contributed by atoms with Crippen LogP contribution in [-0.4, -0.2) is 12.2 Å². The molecular formula is C13H13ClNO2. The summed E-state index contributed by atoms with van der Waals surface area (Å²) in [5.41, 5.74) is -0.298. The van der Waals surface area contributed by atoms with Crippen LogP contribution in [0, 0.1) is 0 Å². The van der Waals surface area contributed by atoms with Crippen LogP contribution >= 0.6 is 11.6 Å². The Bertz CT molecular complexity index is 447. The molecule has 0 aromatic heterocycles. The summed E-state index contributed by atoms with van der Waals surface area (Å²) in [4.78, 5) is 22.8. The predicted octanol–water partition coefficient (Wildman–Crippen LogP) is 2.34. The summed E-state index contributed by atoms with van der Waals surface area (Å²) in [6.07, 6.45) is 4.48. The Morgan fingerprint density at radius 1 is 1.29 bits per heavy atom. The van der Waals surface area contributed by atoms with Crippen molar-refractivity contribution in [1.29, 1.82) is 0 Å². The topological polar surface area (TPSA) is 46.2 Å². The van der Waals surface area contributed by atoms with E-state index in [4.69, 9.17) is 11.6 Å². The number of carbonyl (C=O) groups excluding carboxylic acids is 2. The fraction of sp³-hybridized carbons (Fsp3) is 0.385. The third-order valence-electron chi connectivity index (χ3n) is 3.28. The second-order valence-corrected chi connectivity index (χ2v) is 4.65. The fourth-order valence-electron chi connectivity index (χ4n) is 2.41. The largest absolute Gasteiger partial charge is 0.331 e. The van der Waals surface area contributed by atoms with Gasteiger partial charge in [-0.25, -0.2) is 0 Å². The van der Waals surface area contributed by atoms with Crippen LogP contribution in [0.25, 0.3) is 0 Å². The first-order valence-corrected chi connectivity index (χ1v) is 6.01. The molecule has 0 bridgehead atoms. The van der Waals surface area contributed by atoms with E-state index in [9.17, 15) is 9.59 Å². The van der Waals surface area contributed by atoms with Crippen molar-refractivity contribution in [1.82, 2.24) is 5.32 Å². The molecule has 1 N–H and O–H groups in total. The highest BCUT2D eigenvalue weighted by atomic mass is 35.5. The Morgan fingerprint density at radius 3 is 2.71 bits per heavy atom. The zero-order valence-corrected chi connectivity index (χ0v) is 10.1. The number of ketones is 1. The SMILES string of the molecule is O=[C]N[C@]1(c2ccccc2Cl)CCCCC1=O. The number of benzene rings is 1. The van der Waals surface area contributed by atoms with E-state index in [1.165, 1.54) is 0 Å². The molecule has 1 radical (unpaired) electrons. The minimum absolute atomic E-state index is 0.0141. The molecule has 0 saturated heterocycles. The first-order valence-electron chi connectivity index (χ1n) is 5.63. The smallest absolute Gasteiger partial charge is 0.310 e. The second-order valence-electron chi connectivity index (χ2n) is 4.24. The van der Waals surface area contributed by atoms with Gasteiger partial charge >= 0.3 is 6.41 Å². The number of Topliss-reactive ketones (excluding diaryl/α,β-unsaturated/α-hetero) is 1. The highest BCUT2D eigenvalue weighted by Gasteiger charge is 2.42. The van der Waals surface area contributed by atoms with Crippen LogP contribution < -0.4 is 5.32 Å². The Balaban J connectivity index is 2.50. The Hall–Kier alpha value is -1.35. The predicted molar refractivity (Wildman–Crippen MR) is 65.4 cm³/mol. The molecular weight excluding hydrogens is 238 g/mol. The van der Waals surface area contributed by atoms with Crippen LogP contribution in [0.1, 0.15) is 31.2 Å². The first kappa shape index (κ1) is 12.1. The van der Waals surface area contributed by atoms with E-state index in [0.717, 1.165) is 12.8 Å². The molecule has 0 unspecified atom stereocenters. The summed E-state index contributed by atoms with van der Waals surface area (Å²) in [6.45, 7) is 0. The summed E-state index contributed by atoms with van der Waals surface area (Å²) in [6, 6.07) is 7.14. The molecule has 1 atom stereocenters. The minimum atomic E-state index is -0.974. The molecule has 89 valence electrons. The highest BCUT2D eigenvalue weighted by Crippen LogP contribution is 2.37. The van der Waals surface area contributed by atoms with E-state index in [2.05, 4.69) is 5.32 Å². The lowest BCUT2D eigenvalue weighted by atomic mass is 9.75.